The number of fused-ring (bicyclic) bond motifs is 2. The zero-order chi connectivity index (χ0) is 27.5. The smallest absolute Gasteiger partial charge is 0.254 e. The van der Waals surface area contributed by atoms with Crippen LogP contribution in [-0.2, 0) is 0 Å². The highest BCUT2D eigenvalue weighted by atomic mass is 35.5. The molecule has 2 aromatic carbocycles. The van der Waals surface area contributed by atoms with Gasteiger partial charge in [-0.05, 0) is 64.6 Å². The fraction of sp³-hybridized carbons (Fsp3) is 0.394. The molecule has 1 amide bonds. The van der Waals surface area contributed by atoms with Crippen LogP contribution in [0.1, 0.15) is 38.1 Å². The predicted octanol–water partition coefficient (Wildman–Crippen LogP) is 2.25. The lowest BCUT2D eigenvalue weighted by atomic mass is 9.90. The summed E-state index contributed by atoms with van der Waals surface area (Å²) in [6.45, 7) is 15.7. The number of carbonyl (C=O) groups is 1. The van der Waals surface area contributed by atoms with Crippen LogP contribution in [0, 0.1) is 0 Å². The van der Waals surface area contributed by atoms with E-state index in [2.05, 4.69) is 91.6 Å². The molecule has 5 rings (SSSR count). The summed E-state index contributed by atoms with van der Waals surface area (Å²) in [5.74, 6) is 0.931. The highest BCUT2D eigenvalue weighted by Crippen LogP contribution is 2.42. The molecule has 0 unspecified atom stereocenters. The summed E-state index contributed by atoms with van der Waals surface area (Å²) in [7, 11) is 2.11. The Labute approximate surface area is 244 Å². The van der Waals surface area contributed by atoms with E-state index in [1.54, 1.807) is 0 Å². The standard InChI is InChI=1S/C33H41N4O2.ClH/c1-6-35(7-2)24-14-16-28-30(22-24)39-31-23-25(36(8-3)9-4)15-17-29(31)32(28)26-12-10-11-13-27(26)33(38)37-20-18-34(5)19-21-37;/h10-17,22-23H,6-9,18-21H2,1-5H3;1H/q+1;/p-1. The molecule has 6 nitrogen and oxygen atoms in total. The van der Waals surface area contributed by atoms with Crippen molar-refractivity contribution in [1.82, 2.24) is 14.4 Å². The van der Waals surface area contributed by atoms with Crippen molar-refractivity contribution in [3.63, 3.8) is 0 Å². The Morgan fingerprint density at radius 2 is 1.57 bits per heavy atom. The van der Waals surface area contributed by atoms with Gasteiger partial charge < -0.3 is 31.5 Å². The molecule has 0 bridgehead atoms. The van der Waals surface area contributed by atoms with E-state index in [4.69, 9.17) is 4.42 Å². The van der Waals surface area contributed by atoms with E-state index in [1.165, 1.54) is 0 Å². The first kappa shape index (κ1) is 29.6. The number of benzene rings is 3. The Kier molecular flexibility index (Phi) is 9.54. The molecule has 1 saturated heterocycles. The number of nitrogens with zero attached hydrogens (tertiary/aromatic N) is 4. The average Bonchev–Trinajstić information content (AvgIpc) is 2.97. The van der Waals surface area contributed by atoms with Crippen molar-refractivity contribution in [2.75, 3.05) is 64.3 Å². The lowest BCUT2D eigenvalue weighted by Crippen LogP contribution is -3.00. The maximum atomic E-state index is 13.9. The number of likely N-dealkylation sites (N-methyl/N-ethyl adjacent to an activating group) is 1. The summed E-state index contributed by atoms with van der Waals surface area (Å²) in [5, 5.41) is 2.16. The number of halogens is 1. The third-order valence-electron chi connectivity index (χ3n) is 8.16. The minimum Gasteiger partial charge on any atom is -1.00 e. The van der Waals surface area contributed by atoms with Gasteiger partial charge in [-0.1, -0.05) is 18.2 Å². The summed E-state index contributed by atoms with van der Waals surface area (Å²) < 4.78 is 8.97. The Morgan fingerprint density at radius 3 is 2.25 bits per heavy atom. The van der Waals surface area contributed by atoms with E-state index in [0.717, 1.165) is 102 Å². The lowest BCUT2D eigenvalue weighted by molar-refractivity contribution is -0.0000191. The largest absolute Gasteiger partial charge is 1.00 e. The number of amides is 1. The van der Waals surface area contributed by atoms with Crippen molar-refractivity contribution in [3.8, 4) is 22.5 Å². The third-order valence-corrected chi connectivity index (χ3v) is 8.16. The number of piperazine rings is 1. The molecule has 1 aliphatic carbocycles. The van der Waals surface area contributed by atoms with E-state index in [-0.39, 0.29) is 18.3 Å². The maximum absolute atomic E-state index is 13.9. The SMILES string of the molecule is CCN(CC)c1ccc2c(-c3ccccc3C(=O)N3CCN(C)CC3)c3ccc(=[N+](CC)CC)cc-3oc2c1.[Cl-]. The first-order valence-corrected chi connectivity index (χ1v) is 14.4. The highest BCUT2D eigenvalue weighted by molar-refractivity contribution is 6.09. The van der Waals surface area contributed by atoms with Gasteiger partial charge in [-0.15, -0.1) is 0 Å². The van der Waals surface area contributed by atoms with Crippen LogP contribution in [0.2, 0.25) is 0 Å². The van der Waals surface area contributed by atoms with Crippen LogP contribution in [0.25, 0.3) is 33.4 Å². The van der Waals surface area contributed by atoms with Gasteiger partial charge in [0.1, 0.15) is 24.4 Å². The molecule has 1 fully saturated rings. The fourth-order valence-electron chi connectivity index (χ4n) is 5.80. The summed E-state index contributed by atoms with van der Waals surface area (Å²) in [6, 6.07) is 21.1. The Bertz CT molecular complexity index is 1510. The Balaban J connectivity index is 0.00000370. The lowest BCUT2D eigenvalue weighted by Gasteiger charge is -2.33. The minimum absolute atomic E-state index is 0. The van der Waals surface area contributed by atoms with Crippen LogP contribution in [0.5, 0.6) is 0 Å². The van der Waals surface area contributed by atoms with Crippen LogP contribution in [0.4, 0.5) is 5.69 Å². The molecule has 0 aromatic heterocycles. The van der Waals surface area contributed by atoms with Crippen LogP contribution in [0.3, 0.4) is 0 Å². The molecule has 3 aliphatic rings. The normalized spacial score (nSPS) is 13.9. The molecule has 40 heavy (non-hydrogen) atoms. The van der Waals surface area contributed by atoms with Gasteiger partial charge in [-0.2, -0.15) is 0 Å². The summed E-state index contributed by atoms with van der Waals surface area (Å²) in [6.07, 6.45) is 0. The number of rotatable bonds is 7. The first-order valence-electron chi connectivity index (χ1n) is 14.4. The van der Waals surface area contributed by atoms with Crippen molar-refractivity contribution < 1.29 is 21.6 Å². The van der Waals surface area contributed by atoms with Crippen LogP contribution < -0.4 is 27.2 Å². The molecule has 0 saturated carbocycles. The van der Waals surface area contributed by atoms with Gasteiger partial charge in [0.15, 0.2) is 0 Å². The molecule has 212 valence electrons. The van der Waals surface area contributed by atoms with Gasteiger partial charge in [0.25, 0.3) is 5.91 Å². The second-order valence-electron chi connectivity index (χ2n) is 10.3. The quantitative estimate of drug-likeness (QED) is 0.257. The Morgan fingerprint density at radius 1 is 0.875 bits per heavy atom. The van der Waals surface area contributed by atoms with Gasteiger partial charge in [0, 0.05) is 79.2 Å². The van der Waals surface area contributed by atoms with Crippen molar-refractivity contribution >= 4 is 22.6 Å². The molecule has 0 atom stereocenters. The number of carbonyl (C=O) groups excluding carboxylic acids is 1. The highest BCUT2D eigenvalue weighted by Gasteiger charge is 2.26. The van der Waals surface area contributed by atoms with Crippen molar-refractivity contribution in [3.05, 3.63) is 71.6 Å². The van der Waals surface area contributed by atoms with Gasteiger partial charge in [0.05, 0.1) is 6.07 Å². The zero-order valence-corrected chi connectivity index (χ0v) is 25.2. The van der Waals surface area contributed by atoms with Crippen molar-refractivity contribution in [2.24, 2.45) is 0 Å². The molecule has 7 heteroatoms. The molecule has 0 spiro atoms. The van der Waals surface area contributed by atoms with Crippen LogP contribution >= 0.6 is 0 Å². The third kappa shape index (κ3) is 5.61. The number of anilines is 1. The topological polar surface area (TPSA) is 42.9 Å². The molecule has 0 N–H and O–H groups in total. The number of hydrogen-bond donors (Lipinski definition) is 0. The first-order chi connectivity index (χ1) is 19.0. The molecule has 2 aliphatic heterocycles. The fourth-order valence-corrected chi connectivity index (χ4v) is 5.80. The van der Waals surface area contributed by atoms with Crippen molar-refractivity contribution in [2.45, 2.75) is 27.7 Å². The molecular formula is C33H41ClN4O2. The van der Waals surface area contributed by atoms with E-state index in [9.17, 15) is 4.79 Å². The molecule has 2 heterocycles. The number of hydrogen-bond acceptors (Lipinski definition) is 4. The predicted molar refractivity (Wildman–Crippen MR) is 162 cm³/mol. The van der Waals surface area contributed by atoms with E-state index < -0.39 is 0 Å². The van der Waals surface area contributed by atoms with E-state index in [1.807, 2.05) is 23.1 Å². The van der Waals surface area contributed by atoms with E-state index in [0.29, 0.717) is 0 Å². The zero-order valence-electron chi connectivity index (χ0n) is 24.4. The molecular weight excluding hydrogens is 520 g/mol. The van der Waals surface area contributed by atoms with Gasteiger partial charge >= 0.3 is 0 Å². The Hall–Kier alpha value is -3.35. The summed E-state index contributed by atoms with van der Waals surface area (Å²) in [5.41, 5.74) is 5.76. The minimum atomic E-state index is 0. The maximum Gasteiger partial charge on any atom is 0.254 e. The van der Waals surface area contributed by atoms with Gasteiger partial charge in [0.2, 0.25) is 5.36 Å². The van der Waals surface area contributed by atoms with E-state index >= 15 is 0 Å². The van der Waals surface area contributed by atoms with Crippen molar-refractivity contribution in [1.29, 1.82) is 0 Å². The summed E-state index contributed by atoms with van der Waals surface area (Å²) in [4.78, 5) is 20.5. The monoisotopic (exact) mass is 560 g/mol. The molecule has 2 aromatic rings. The average molecular weight is 561 g/mol. The second kappa shape index (κ2) is 12.9. The van der Waals surface area contributed by atoms with Crippen LogP contribution in [0.15, 0.2) is 65.1 Å². The van der Waals surface area contributed by atoms with Crippen LogP contribution in [-0.4, -0.2) is 75.1 Å². The molecule has 0 radical (unpaired) electrons. The van der Waals surface area contributed by atoms with Gasteiger partial charge in [-0.3, -0.25) is 4.79 Å². The second-order valence-corrected chi connectivity index (χ2v) is 10.3. The summed E-state index contributed by atoms with van der Waals surface area (Å²) >= 11 is 0. The van der Waals surface area contributed by atoms with Gasteiger partial charge in [-0.25, -0.2) is 4.58 Å².